The van der Waals surface area contributed by atoms with Gasteiger partial charge in [0.2, 0.25) is 5.95 Å². The van der Waals surface area contributed by atoms with Gasteiger partial charge in [0.25, 0.3) is 0 Å². The molecule has 6 nitrogen and oxygen atoms in total. The maximum atomic E-state index is 5.71. The van der Waals surface area contributed by atoms with Crippen LogP contribution in [-0.2, 0) is 4.74 Å². The van der Waals surface area contributed by atoms with E-state index in [-0.39, 0.29) is 12.1 Å². The van der Waals surface area contributed by atoms with Crippen molar-refractivity contribution in [3.8, 4) is 0 Å². The van der Waals surface area contributed by atoms with Gasteiger partial charge in [-0.05, 0) is 19.8 Å². The van der Waals surface area contributed by atoms with E-state index in [1.807, 2.05) is 6.07 Å². The van der Waals surface area contributed by atoms with E-state index in [4.69, 9.17) is 10.5 Å². The van der Waals surface area contributed by atoms with Gasteiger partial charge < -0.3 is 21.1 Å². The summed E-state index contributed by atoms with van der Waals surface area (Å²) in [5, 5.41) is 6.56. The number of hydrogen-bond acceptors (Lipinski definition) is 6. The number of ether oxygens (including phenoxy) is 1. The molecule has 2 rings (SSSR count). The van der Waals surface area contributed by atoms with Crippen LogP contribution in [0.3, 0.4) is 0 Å². The van der Waals surface area contributed by atoms with Gasteiger partial charge in [-0.15, -0.1) is 0 Å². The van der Waals surface area contributed by atoms with Crippen LogP contribution in [0.4, 0.5) is 17.6 Å². The van der Waals surface area contributed by atoms with E-state index in [0.29, 0.717) is 6.04 Å². The van der Waals surface area contributed by atoms with E-state index in [9.17, 15) is 0 Å². The number of anilines is 3. The van der Waals surface area contributed by atoms with Gasteiger partial charge in [0.1, 0.15) is 11.6 Å². The largest absolute Gasteiger partial charge is 0.376 e. The summed E-state index contributed by atoms with van der Waals surface area (Å²) >= 11 is 0. The molecule has 100 valence electrons. The molecule has 1 saturated heterocycles. The minimum absolute atomic E-state index is 0.202. The average Bonchev–Trinajstić information content (AvgIpc) is 2.72. The maximum absolute atomic E-state index is 5.71. The molecule has 0 amide bonds. The summed E-state index contributed by atoms with van der Waals surface area (Å²) in [4.78, 5) is 8.35. The topological polar surface area (TPSA) is 85.1 Å². The summed E-state index contributed by atoms with van der Waals surface area (Å²) in [7, 11) is 0. The Morgan fingerprint density at radius 2 is 2.22 bits per heavy atom. The lowest BCUT2D eigenvalue weighted by molar-refractivity contribution is 0.121. The average molecular weight is 251 g/mol. The highest BCUT2D eigenvalue weighted by Gasteiger charge is 2.24. The third-order valence-corrected chi connectivity index (χ3v) is 3.01. The zero-order valence-electron chi connectivity index (χ0n) is 10.9. The van der Waals surface area contributed by atoms with Gasteiger partial charge in [-0.25, -0.2) is 0 Å². The zero-order valence-corrected chi connectivity index (χ0v) is 10.9. The van der Waals surface area contributed by atoms with Gasteiger partial charge in [0, 0.05) is 19.2 Å². The fourth-order valence-corrected chi connectivity index (χ4v) is 1.99. The smallest absolute Gasteiger partial charge is 0.223 e. The monoisotopic (exact) mass is 251 g/mol. The first-order chi connectivity index (χ1) is 8.69. The molecule has 18 heavy (non-hydrogen) atoms. The summed E-state index contributed by atoms with van der Waals surface area (Å²) in [6, 6.07) is 2.18. The van der Waals surface area contributed by atoms with Gasteiger partial charge in [0.15, 0.2) is 0 Å². The minimum atomic E-state index is 0.202. The lowest BCUT2D eigenvalue weighted by Gasteiger charge is -2.17. The SMILES string of the molecule is CCCNc1cc(NC2CCOC2C)nc(N)n1. The van der Waals surface area contributed by atoms with E-state index >= 15 is 0 Å². The molecule has 1 aliphatic rings. The van der Waals surface area contributed by atoms with E-state index in [1.54, 1.807) is 0 Å². The van der Waals surface area contributed by atoms with Crippen molar-refractivity contribution < 1.29 is 4.74 Å². The molecule has 0 aromatic carbocycles. The molecule has 0 saturated carbocycles. The molecule has 1 aromatic heterocycles. The van der Waals surface area contributed by atoms with Gasteiger partial charge in [-0.2, -0.15) is 9.97 Å². The zero-order chi connectivity index (χ0) is 13.0. The van der Waals surface area contributed by atoms with Crippen LogP contribution in [0.15, 0.2) is 6.07 Å². The molecule has 1 fully saturated rings. The number of nitrogens with one attached hydrogen (secondary N) is 2. The molecular weight excluding hydrogens is 230 g/mol. The Bertz CT molecular complexity index is 398. The highest BCUT2D eigenvalue weighted by atomic mass is 16.5. The van der Waals surface area contributed by atoms with Crippen LogP contribution in [0.25, 0.3) is 0 Å². The van der Waals surface area contributed by atoms with Crippen LogP contribution < -0.4 is 16.4 Å². The molecule has 2 atom stereocenters. The van der Waals surface area contributed by atoms with Crippen LogP contribution in [0, 0.1) is 0 Å². The number of hydrogen-bond donors (Lipinski definition) is 3. The summed E-state index contributed by atoms with van der Waals surface area (Å²) in [6.45, 7) is 5.83. The molecule has 2 heterocycles. The third-order valence-electron chi connectivity index (χ3n) is 3.01. The third kappa shape index (κ3) is 3.22. The Labute approximate surface area is 107 Å². The lowest BCUT2D eigenvalue weighted by atomic mass is 10.1. The first-order valence-electron chi connectivity index (χ1n) is 6.45. The van der Waals surface area contributed by atoms with Crippen molar-refractivity contribution in [2.24, 2.45) is 0 Å². The number of aromatic nitrogens is 2. The summed E-state index contributed by atoms with van der Waals surface area (Å²) in [5.41, 5.74) is 5.71. The first kappa shape index (κ1) is 12.9. The molecule has 0 bridgehead atoms. The van der Waals surface area contributed by atoms with Crippen LogP contribution in [0.2, 0.25) is 0 Å². The number of nitrogens with two attached hydrogens (primary N) is 1. The molecule has 0 spiro atoms. The molecular formula is C12H21N5O. The van der Waals surface area contributed by atoms with Crippen LogP contribution in [-0.4, -0.2) is 35.3 Å². The predicted octanol–water partition coefficient (Wildman–Crippen LogP) is 1.47. The van der Waals surface area contributed by atoms with Crippen molar-refractivity contribution in [3.63, 3.8) is 0 Å². The minimum Gasteiger partial charge on any atom is -0.376 e. The molecule has 2 unspecified atom stereocenters. The summed E-state index contributed by atoms with van der Waals surface area (Å²) in [5.74, 6) is 1.80. The van der Waals surface area contributed by atoms with Crippen LogP contribution >= 0.6 is 0 Å². The second kappa shape index (κ2) is 5.86. The molecule has 4 N–H and O–H groups in total. The van der Waals surface area contributed by atoms with Gasteiger partial charge in [-0.3, -0.25) is 0 Å². The van der Waals surface area contributed by atoms with Gasteiger partial charge in [0.05, 0.1) is 12.1 Å². The second-order valence-electron chi connectivity index (χ2n) is 4.54. The van der Waals surface area contributed by atoms with Crippen molar-refractivity contribution in [2.75, 3.05) is 29.5 Å². The summed E-state index contributed by atoms with van der Waals surface area (Å²) < 4.78 is 5.51. The van der Waals surface area contributed by atoms with Crippen LogP contribution in [0.5, 0.6) is 0 Å². The Morgan fingerprint density at radius 1 is 1.44 bits per heavy atom. The fourth-order valence-electron chi connectivity index (χ4n) is 1.99. The highest BCUT2D eigenvalue weighted by molar-refractivity contribution is 5.51. The van der Waals surface area contributed by atoms with E-state index in [0.717, 1.165) is 37.6 Å². The van der Waals surface area contributed by atoms with E-state index in [2.05, 4.69) is 34.4 Å². The molecule has 1 aliphatic heterocycles. The normalized spacial score (nSPS) is 23.0. The maximum Gasteiger partial charge on any atom is 0.223 e. The second-order valence-corrected chi connectivity index (χ2v) is 4.54. The van der Waals surface area contributed by atoms with Crippen LogP contribution in [0.1, 0.15) is 26.7 Å². The van der Waals surface area contributed by atoms with Crippen molar-refractivity contribution in [1.82, 2.24) is 9.97 Å². The highest BCUT2D eigenvalue weighted by Crippen LogP contribution is 2.19. The van der Waals surface area contributed by atoms with E-state index in [1.165, 1.54) is 0 Å². The van der Waals surface area contributed by atoms with Crippen molar-refractivity contribution in [1.29, 1.82) is 0 Å². The van der Waals surface area contributed by atoms with Crippen molar-refractivity contribution >= 4 is 17.6 Å². The standard InChI is InChI=1S/C12H21N5O/c1-3-5-14-10-7-11(17-12(13)16-10)15-9-4-6-18-8(9)2/h7-9H,3-6H2,1-2H3,(H4,13,14,15,16,17). The Hall–Kier alpha value is -1.56. The molecule has 6 heteroatoms. The number of nitrogens with zero attached hydrogens (tertiary/aromatic N) is 2. The lowest BCUT2D eigenvalue weighted by Crippen LogP contribution is -2.27. The summed E-state index contributed by atoms with van der Waals surface area (Å²) in [6.07, 6.45) is 2.23. The Balaban J connectivity index is 2.05. The van der Waals surface area contributed by atoms with Crippen molar-refractivity contribution in [2.45, 2.75) is 38.8 Å². The molecule has 0 aliphatic carbocycles. The van der Waals surface area contributed by atoms with E-state index < -0.39 is 0 Å². The first-order valence-corrected chi connectivity index (χ1v) is 6.45. The fraction of sp³-hybridized carbons (Fsp3) is 0.667. The Kier molecular flexibility index (Phi) is 4.19. The van der Waals surface area contributed by atoms with Gasteiger partial charge in [-0.1, -0.05) is 6.92 Å². The quantitative estimate of drug-likeness (QED) is 0.735. The molecule has 1 aromatic rings. The predicted molar refractivity (Wildman–Crippen MR) is 72.7 cm³/mol. The van der Waals surface area contributed by atoms with Crippen molar-refractivity contribution in [3.05, 3.63) is 6.07 Å². The molecule has 0 radical (unpaired) electrons. The van der Waals surface area contributed by atoms with Gasteiger partial charge >= 0.3 is 0 Å². The Morgan fingerprint density at radius 3 is 2.89 bits per heavy atom. The number of rotatable bonds is 5. The number of nitrogen functional groups attached to an aromatic ring is 1.